The normalized spacial score (nSPS) is 18.9. The first-order valence-corrected chi connectivity index (χ1v) is 7.35. The average Bonchev–Trinajstić information content (AvgIpc) is 2.86. The highest BCUT2D eigenvalue weighted by Gasteiger charge is 2.32. The van der Waals surface area contributed by atoms with E-state index in [1.807, 2.05) is 12.1 Å². The highest BCUT2D eigenvalue weighted by Crippen LogP contribution is 2.40. The molecule has 3 nitrogen and oxygen atoms in total. The second kappa shape index (κ2) is 5.60. The van der Waals surface area contributed by atoms with E-state index in [0.717, 1.165) is 23.0 Å². The minimum atomic E-state index is -0.265. The molecular formula is C15H15BrFN3. The van der Waals surface area contributed by atoms with Gasteiger partial charge in [0.2, 0.25) is 0 Å². The highest BCUT2D eigenvalue weighted by atomic mass is 79.9. The molecule has 1 aromatic carbocycles. The van der Waals surface area contributed by atoms with Gasteiger partial charge in [0.15, 0.2) is 0 Å². The number of nitrogens with one attached hydrogen (secondary N) is 1. The second-order valence-electron chi connectivity index (χ2n) is 5.00. The van der Waals surface area contributed by atoms with Gasteiger partial charge in [-0.15, -0.1) is 0 Å². The molecule has 104 valence electrons. The number of benzene rings is 1. The van der Waals surface area contributed by atoms with E-state index in [1.165, 1.54) is 11.6 Å². The quantitative estimate of drug-likeness (QED) is 0.668. The Bertz CT molecular complexity index is 632. The van der Waals surface area contributed by atoms with Crippen molar-refractivity contribution in [2.24, 2.45) is 5.84 Å². The molecule has 0 amide bonds. The van der Waals surface area contributed by atoms with Crippen molar-refractivity contribution in [3.8, 4) is 0 Å². The van der Waals surface area contributed by atoms with E-state index in [0.29, 0.717) is 5.56 Å². The number of hydrogen-bond donors (Lipinski definition) is 2. The van der Waals surface area contributed by atoms with E-state index in [2.05, 4.69) is 32.4 Å². The summed E-state index contributed by atoms with van der Waals surface area (Å²) in [7, 11) is 0. The predicted octanol–water partition coefficient (Wildman–Crippen LogP) is 3.22. The van der Waals surface area contributed by atoms with Gasteiger partial charge in [0.25, 0.3) is 0 Å². The maximum absolute atomic E-state index is 14.2. The summed E-state index contributed by atoms with van der Waals surface area (Å²) in [5, 5.41) is 0. The Labute approximate surface area is 125 Å². The lowest BCUT2D eigenvalue weighted by atomic mass is 9.91. The number of aryl methyl sites for hydroxylation is 1. The number of fused-ring (bicyclic) bond motifs is 1. The summed E-state index contributed by atoms with van der Waals surface area (Å²) < 4.78 is 14.9. The van der Waals surface area contributed by atoms with Crippen molar-refractivity contribution in [3.63, 3.8) is 0 Å². The van der Waals surface area contributed by atoms with Crippen LogP contribution in [0, 0.1) is 5.82 Å². The Balaban J connectivity index is 1.99. The third-order valence-corrected chi connectivity index (χ3v) is 4.37. The van der Waals surface area contributed by atoms with E-state index in [4.69, 9.17) is 5.84 Å². The molecule has 20 heavy (non-hydrogen) atoms. The third kappa shape index (κ3) is 2.37. The maximum atomic E-state index is 14.2. The number of nitrogens with two attached hydrogens (primary N) is 1. The molecule has 2 aromatic rings. The van der Waals surface area contributed by atoms with Crippen molar-refractivity contribution in [3.05, 3.63) is 63.6 Å². The molecule has 0 aliphatic heterocycles. The summed E-state index contributed by atoms with van der Waals surface area (Å²) in [4.78, 5) is 4.46. The molecule has 1 aromatic heterocycles. The van der Waals surface area contributed by atoms with Gasteiger partial charge in [-0.3, -0.25) is 16.3 Å². The zero-order valence-electron chi connectivity index (χ0n) is 10.8. The smallest absolute Gasteiger partial charge is 0.129 e. The molecule has 0 saturated carbocycles. The SMILES string of the molecule is NNC(c1ccc(Br)cc1F)C1CCc2cccnc21. The van der Waals surface area contributed by atoms with Gasteiger partial charge in [-0.05, 0) is 36.6 Å². The van der Waals surface area contributed by atoms with Gasteiger partial charge in [-0.1, -0.05) is 28.1 Å². The van der Waals surface area contributed by atoms with Gasteiger partial charge in [0, 0.05) is 27.8 Å². The predicted molar refractivity (Wildman–Crippen MR) is 79.5 cm³/mol. The number of aromatic nitrogens is 1. The lowest BCUT2D eigenvalue weighted by Gasteiger charge is -2.24. The Morgan fingerprint density at radius 1 is 1.40 bits per heavy atom. The molecule has 0 spiro atoms. The topological polar surface area (TPSA) is 50.9 Å². The van der Waals surface area contributed by atoms with Crippen molar-refractivity contribution in [2.75, 3.05) is 0 Å². The summed E-state index contributed by atoms with van der Waals surface area (Å²) in [6, 6.07) is 8.81. The molecule has 2 unspecified atom stereocenters. The Hall–Kier alpha value is -1.30. The molecule has 1 aliphatic carbocycles. The van der Waals surface area contributed by atoms with Gasteiger partial charge in [-0.25, -0.2) is 4.39 Å². The summed E-state index contributed by atoms with van der Waals surface area (Å²) in [5.41, 5.74) is 5.61. The van der Waals surface area contributed by atoms with Gasteiger partial charge >= 0.3 is 0 Å². The van der Waals surface area contributed by atoms with E-state index < -0.39 is 0 Å². The van der Waals surface area contributed by atoms with Crippen molar-refractivity contribution < 1.29 is 4.39 Å². The van der Waals surface area contributed by atoms with Gasteiger partial charge in [0.05, 0.1) is 6.04 Å². The zero-order chi connectivity index (χ0) is 14.1. The van der Waals surface area contributed by atoms with Crippen LogP contribution in [0.25, 0.3) is 0 Å². The van der Waals surface area contributed by atoms with Gasteiger partial charge in [0.1, 0.15) is 5.82 Å². The van der Waals surface area contributed by atoms with Gasteiger partial charge in [-0.2, -0.15) is 0 Å². The fourth-order valence-corrected chi connectivity index (χ4v) is 3.28. The maximum Gasteiger partial charge on any atom is 0.129 e. The van der Waals surface area contributed by atoms with Crippen LogP contribution in [0.3, 0.4) is 0 Å². The van der Waals surface area contributed by atoms with Crippen LogP contribution in [0.4, 0.5) is 4.39 Å². The zero-order valence-corrected chi connectivity index (χ0v) is 12.4. The summed E-state index contributed by atoms with van der Waals surface area (Å²) in [6.45, 7) is 0. The van der Waals surface area contributed by atoms with Crippen LogP contribution >= 0.6 is 15.9 Å². The number of halogens is 2. The molecule has 1 heterocycles. The Kier molecular flexibility index (Phi) is 3.83. The fourth-order valence-electron chi connectivity index (χ4n) is 2.94. The van der Waals surface area contributed by atoms with Crippen LogP contribution in [0.5, 0.6) is 0 Å². The van der Waals surface area contributed by atoms with E-state index in [-0.39, 0.29) is 17.8 Å². The van der Waals surface area contributed by atoms with Crippen molar-refractivity contribution in [1.82, 2.24) is 10.4 Å². The molecular weight excluding hydrogens is 321 g/mol. The summed E-state index contributed by atoms with van der Waals surface area (Å²) >= 11 is 3.27. The van der Waals surface area contributed by atoms with Crippen LogP contribution in [0.2, 0.25) is 0 Å². The van der Waals surface area contributed by atoms with Crippen LogP contribution in [0.15, 0.2) is 41.0 Å². The molecule has 3 rings (SSSR count). The minimum absolute atomic E-state index is 0.104. The van der Waals surface area contributed by atoms with Crippen molar-refractivity contribution in [1.29, 1.82) is 0 Å². The molecule has 1 aliphatic rings. The van der Waals surface area contributed by atoms with Crippen LogP contribution in [0.1, 0.15) is 35.2 Å². The first-order chi connectivity index (χ1) is 9.70. The van der Waals surface area contributed by atoms with Crippen LogP contribution in [-0.4, -0.2) is 4.98 Å². The lowest BCUT2D eigenvalue weighted by Crippen LogP contribution is -2.32. The number of hydrogen-bond acceptors (Lipinski definition) is 3. The highest BCUT2D eigenvalue weighted by molar-refractivity contribution is 9.10. The van der Waals surface area contributed by atoms with Crippen molar-refractivity contribution >= 4 is 15.9 Å². The number of hydrazine groups is 1. The second-order valence-corrected chi connectivity index (χ2v) is 5.92. The van der Waals surface area contributed by atoms with Crippen LogP contribution < -0.4 is 11.3 Å². The largest absolute Gasteiger partial charge is 0.271 e. The molecule has 0 bridgehead atoms. The average molecular weight is 336 g/mol. The molecule has 2 atom stereocenters. The van der Waals surface area contributed by atoms with E-state index in [1.54, 1.807) is 12.3 Å². The number of pyridine rings is 1. The van der Waals surface area contributed by atoms with E-state index >= 15 is 0 Å². The van der Waals surface area contributed by atoms with Gasteiger partial charge < -0.3 is 0 Å². The minimum Gasteiger partial charge on any atom is -0.271 e. The molecule has 0 radical (unpaired) electrons. The monoisotopic (exact) mass is 335 g/mol. The fraction of sp³-hybridized carbons (Fsp3) is 0.267. The summed E-state index contributed by atoms with van der Waals surface area (Å²) in [5.74, 6) is 5.54. The summed E-state index contributed by atoms with van der Waals surface area (Å²) in [6.07, 6.45) is 3.67. The third-order valence-electron chi connectivity index (χ3n) is 3.88. The number of nitrogens with zero attached hydrogens (tertiary/aromatic N) is 1. The Morgan fingerprint density at radius 3 is 3.00 bits per heavy atom. The standard InChI is InChI=1S/C15H15BrFN3/c16-10-4-6-11(13(17)8-10)15(20-18)12-5-3-9-2-1-7-19-14(9)12/h1-2,4,6-8,12,15,20H,3,5,18H2. The first-order valence-electron chi connectivity index (χ1n) is 6.55. The molecule has 0 saturated heterocycles. The lowest BCUT2D eigenvalue weighted by molar-refractivity contribution is 0.428. The van der Waals surface area contributed by atoms with Crippen LogP contribution in [-0.2, 0) is 6.42 Å². The first kappa shape index (κ1) is 13.7. The van der Waals surface area contributed by atoms with E-state index in [9.17, 15) is 4.39 Å². The number of rotatable bonds is 3. The molecule has 5 heteroatoms. The Morgan fingerprint density at radius 2 is 2.25 bits per heavy atom. The molecule has 0 fully saturated rings. The molecule has 3 N–H and O–H groups in total. The van der Waals surface area contributed by atoms with Crippen molar-refractivity contribution in [2.45, 2.75) is 24.8 Å².